The van der Waals surface area contributed by atoms with E-state index in [0.717, 1.165) is 55.5 Å². The molecule has 4 heterocycles. The van der Waals surface area contributed by atoms with Gasteiger partial charge in [0.15, 0.2) is 0 Å². The Bertz CT molecular complexity index is 4210. The van der Waals surface area contributed by atoms with Gasteiger partial charge in [-0.3, -0.25) is 4.57 Å². The van der Waals surface area contributed by atoms with Gasteiger partial charge in [-0.15, -0.1) is 0 Å². The van der Waals surface area contributed by atoms with Crippen LogP contribution in [0.1, 0.15) is 0 Å². The lowest BCUT2D eigenvalue weighted by Gasteiger charge is -2.13. The molecule has 0 fully saturated rings. The summed E-state index contributed by atoms with van der Waals surface area (Å²) in [6.45, 7) is 0. The molecule has 0 radical (unpaired) electrons. The van der Waals surface area contributed by atoms with Crippen LogP contribution in [-0.2, 0) is 0 Å². The van der Waals surface area contributed by atoms with Crippen LogP contribution in [0.5, 0.6) is 0 Å². The normalized spacial score (nSPS) is 12.1. The Morgan fingerprint density at radius 3 is 1.67 bits per heavy atom. The van der Waals surface area contributed by atoms with Gasteiger partial charge in [0.1, 0.15) is 0 Å². The first-order valence-corrected chi connectivity index (χ1v) is 21.5. The van der Waals surface area contributed by atoms with Crippen LogP contribution in [0.25, 0.3) is 126 Å². The van der Waals surface area contributed by atoms with Gasteiger partial charge < -0.3 is 9.13 Å². The summed E-state index contributed by atoms with van der Waals surface area (Å²) in [6, 6.07) is 76.7. The van der Waals surface area contributed by atoms with E-state index in [4.69, 9.17) is 9.97 Å². The largest absolute Gasteiger partial charge is 0.309 e. The fraction of sp³-hybridized carbons (Fsp3) is 0. The van der Waals surface area contributed by atoms with E-state index < -0.39 is 0 Å². The number of rotatable bonds is 4. The number of para-hydroxylation sites is 4. The molecule has 4 aromatic heterocycles. The fourth-order valence-electron chi connectivity index (χ4n) is 10.4. The number of fused-ring (bicyclic) bond motifs is 13. The van der Waals surface area contributed by atoms with Gasteiger partial charge in [0.05, 0.1) is 44.3 Å². The van der Waals surface area contributed by atoms with Crippen LogP contribution >= 0.6 is 0 Å². The molecule has 0 amide bonds. The van der Waals surface area contributed by atoms with E-state index in [-0.39, 0.29) is 0 Å². The Balaban J connectivity index is 1.06. The molecule has 0 bridgehead atoms. The quantitative estimate of drug-likeness (QED) is 0.178. The zero-order chi connectivity index (χ0) is 41.2. The van der Waals surface area contributed by atoms with Gasteiger partial charge in [0, 0.05) is 54.6 Å². The average molecular weight is 802 g/mol. The molecule has 0 aliphatic carbocycles. The zero-order valence-electron chi connectivity index (χ0n) is 33.9. The monoisotopic (exact) mass is 801 g/mol. The van der Waals surface area contributed by atoms with Crippen LogP contribution in [0, 0.1) is 0 Å². The third-order valence-electron chi connectivity index (χ3n) is 13.2. The number of aromatic nitrogens is 5. The van der Waals surface area contributed by atoms with Crippen molar-refractivity contribution < 1.29 is 0 Å². The Morgan fingerprint density at radius 2 is 0.873 bits per heavy atom. The van der Waals surface area contributed by atoms with E-state index in [0.29, 0.717) is 5.95 Å². The molecular formula is C58H35N5. The molecule has 0 spiro atoms. The first-order valence-electron chi connectivity index (χ1n) is 21.5. The van der Waals surface area contributed by atoms with Crippen molar-refractivity contribution in [2.24, 2.45) is 0 Å². The number of hydrogen-bond acceptors (Lipinski definition) is 2. The second-order valence-corrected chi connectivity index (χ2v) is 16.6. The summed E-state index contributed by atoms with van der Waals surface area (Å²) in [7, 11) is 0. The second kappa shape index (κ2) is 13.0. The van der Waals surface area contributed by atoms with Crippen LogP contribution in [0.2, 0.25) is 0 Å². The molecule has 14 aromatic rings. The molecule has 0 aliphatic rings. The summed E-state index contributed by atoms with van der Waals surface area (Å²) in [5.41, 5.74) is 11.9. The molecule has 0 unspecified atom stereocenters. The van der Waals surface area contributed by atoms with E-state index in [2.05, 4.69) is 226 Å². The molecule has 0 N–H and O–H groups in total. The molecule has 5 heteroatoms. The molecule has 10 aromatic carbocycles. The van der Waals surface area contributed by atoms with Gasteiger partial charge >= 0.3 is 0 Å². The number of benzene rings is 10. The predicted octanol–water partition coefficient (Wildman–Crippen LogP) is 14.9. The highest BCUT2D eigenvalue weighted by Gasteiger charge is 2.22. The summed E-state index contributed by atoms with van der Waals surface area (Å²) < 4.78 is 7.07. The van der Waals surface area contributed by atoms with Gasteiger partial charge in [-0.1, -0.05) is 140 Å². The van der Waals surface area contributed by atoms with Crippen molar-refractivity contribution in [2.45, 2.75) is 0 Å². The van der Waals surface area contributed by atoms with Crippen LogP contribution in [-0.4, -0.2) is 23.7 Å². The smallest absolute Gasteiger partial charge is 0.235 e. The highest BCUT2D eigenvalue weighted by atomic mass is 15.2. The lowest BCUT2D eigenvalue weighted by atomic mass is 10.0. The third kappa shape index (κ3) is 4.93. The zero-order valence-corrected chi connectivity index (χ0v) is 33.9. The molecule has 0 saturated heterocycles. The molecular weight excluding hydrogens is 767 g/mol. The highest BCUT2D eigenvalue weighted by Crippen LogP contribution is 2.42. The van der Waals surface area contributed by atoms with Crippen molar-refractivity contribution in [1.29, 1.82) is 0 Å². The topological polar surface area (TPSA) is 40.6 Å². The van der Waals surface area contributed by atoms with E-state index in [9.17, 15) is 0 Å². The SMILES string of the molecule is c1ccc(-n2c3ccccc3c3cc(-c4nc(-n5c6cc(-n7c8ccccc8c8cc9ccccc9cc87)ccc6c6c7ccccc7ccc65)nc5ccccc45)ccc32)cc1. The van der Waals surface area contributed by atoms with Crippen molar-refractivity contribution >= 4 is 97.9 Å². The maximum absolute atomic E-state index is 5.61. The van der Waals surface area contributed by atoms with E-state index in [1.807, 2.05) is 0 Å². The standard InChI is InChI=1S/C58H35N5/c1-2-17-40(18-3-1)61-50-24-12-9-20-43(50)47-33-39(27-30-52(47)61)57-45-22-8-11-23-49(45)59-58(60-57)63-53-31-26-36-14-6-7-19-42(36)56(53)46-29-28-41(35-55(46)63)62-51-25-13-10-21-44(51)48-32-37-15-4-5-16-38(37)34-54(48)62/h1-35H. The fourth-order valence-corrected chi connectivity index (χ4v) is 10.4. The van der Waals surface area contributed by atoms with E-state index in [1.165, 1.54) is 65.0 Å². The first-order chi connectivity index (χ1) is 31.2. The number of hydrogen-bond donors (Lipinski definition) is 0. The Hall–Kier alpha value is -8.54. The Kier molecular flexibility index (Phi) is 7.05. The summed E-state index contributed by atoms with van der Waals surface area (Å²) in [5, 5.41) is 13.1. The second-order valence-electron chi connectivity index (χ2n) is 16.6. The van der Waals surface area contributed by atoms with Crippen LogP contribution in [0.3, 0.4) is 0 Å². The number of nitrogens with zero attached hydrogens (tertiary/aromatic N) is 5. The van der Waals surface area contributed by atoms with Gasteiger partial charge in [0.25, 0.3) is 0 Å². The Morgan fingerprint density at radius 1 is 0.286 bits per heavy atom. The van der Waals surface area contributed by atoms with Crippen molar-refractivity contribution in [1.82, 2.24) is 23.7 Å². The maximum Gasteiger partial charge on any atom is 0.235 e. The van der Waals surface area contributed by atoms with Crippen molar-refractivity contribution in [2.75, 3.05) is 0 Å². The molecule has 5 nitrogen and oxygen atoms in total. The molecule has 0 saturated carbocycles. The molecule has 292 valence electrons. The minimum Gasteiger partial charge on any atom is -0.309 e. The van der Waals surface area contributed by atoms with Crippen LogP contribution < -0.4 is 0 Å². The van der Waals surface area contributed by atoms with Crippen LogP contribution in [0.4, 0.5) is 0 Å². The summed E-state index contributed by atoms with van der Waals surface area (Å²) in [4.78, 5) is 11.0. The lowest BCUT2D eigenvalue weighted by Crippen LogP contribution is -2.04. The van der Waals surface area contributed by atoms with E-state index >= 15 is 0 Å². The highest BCUT2D eigenvalue weighted by molar-refractivity contribution is 6.22. The van der Waals surface area contributed by atoms with Gasteiger partial charge in [-0.05, 0) is 94.3 Å². The van der Waals surface area contributed by atoms with Gasteiger partial charge in [0.2, 0.25) is 5.95 Å². The first kappa shape index (κ1) is 34.2. The van der Waals surface area contributed by atoms with Crippen molar-refractivity contribution in [3.63, 3.8) is 0 Å². The summed E-state index contributed by atoms with van der Waals surface area (Å²) in [6.07, 6.45) is 0. The minimum atomic E-state index is 0.635. The third-order valence-corrected chi connectivity index (χ3v) is 13.2. The van der Waals surface area contributed by atoms with E-state index in [1.54, 1.807) is 0 Å². The molecule has 63 heavy (non-hydrogen) atoms. The average Bonchev–Trinajstić information content (AvgIpc) is 3.98. The lowest BCUT2D eigenvalue weighted by molar-refractivity contribution is 1.01. The molecule has 0 atom stereocenters. The molecule has 14 rings (SSSR count). The van der Waals surface area contributed by atoms with Gasteiger partial charge in [-0.2, -0.15) is 0 Å². The van der Waals surface area contributed by atoms with Crippen molar-refractivity contribution in [3.05, 3.63) is 212 Å². The maximum atomic E-state index is 5.61. The molecule has 0 aliphatic heterocycles. The summed E-state index contributed by atoms with van der Waals surface area (Å²) in [5.74, 6) is 0.635. The summed E-state index contributed by atoms with van der Waals surface area (Å²) >= 11 is 0. The minimum absolute atomic E-state index is 0.635. The Labute approximate surface area is 360 Å². The van der Waals surface area contributed by atoms with Gasteiger partial charge in [-0.25, -0.2) is 9.97 Å². The predicted molar refractivity (Wildman–Crippen MR) is 263 cm³/mol. The van der Waals surface area contributed by atoms with Crippen molar-refractivity contribution in [3.8, 4) is 28.6 Å². The van der Waals surface area contributed by atoms with Crippen LogP contribution in [0.15, 0.2) is 212 Å².